The van der Waals surface area contributed by atoms with Crippen molar-refractivity contribution in [1.29, 1.82) is 0 Å². The van der Waals surface area contributed by atoms with Gasteiger partial charge in [-0.3, -0.25) is 0 Å². The lowest BCUT2D eigenvalue weighted by Gasteiger charge is -2.61. The molecule has 29 heavy (non-hydrogen) atoms. The highest BCUT2D eigenvalue weighted by molar-refractivity contribution is 6.69. The summed E-state index contributed by atoms with van der Waals surface area (Å²) < 4.78 is 6.57. The number of fused-ring (bicyclic) bond motifs is 5. The van der Waals surface area contributed by atoms with Gasteiger partial charge in [0.25, 0.3) is 0 Å². The molecule has 0 aromatic carbocycles. The van der Waals surface area contributed by atoms with Crippen molar-refractivity contribution in [2.24, 2.45) is 45.6 Å². The quantitative estimate of drug-likeness (QED) is 0.282. The molecule has 0 radical (unpaired) electrons. The molecule has 4 heteroatoms. The summed E-state index contributed by atoms with van der Waals surface area (Å²) in [5.74, 6) is 4.27. The highest BCUT2D eigenvalue weighted by Crippen LogP contribution is 2.67. The molecule has 0 heterocycles. The zero-order valence-electron chi connectivity index (χ0n) is 20.1. The SMILES string of the molecule is CON=C(C)[C@H]1CCC2C3CCC4C[C@@H](O[Si](C)(C)C)CC[C@]4(C)C3CC[C@@]21C. The molecule has 4 aliphatic carbocycles. The van der Waals surface area contributed by atoms with Crippen LogP contribution in [0.5, 0.6) is 0 Å². The fraction of sp³-hybridized carbons (Fsp3) is 0.960. The molecule has 3 nitrogen and oxygen atoms in total. The lowest BCUT2D eigenvalue weighted by molar-refractivity contribution is -0.121. The summed E-state index contributed by atoms with van der Waals surface area (Å²) in [6.45, 7) is 14.5. The Morgan fingerprint density at radius 2 is 1.59 bits per heavy atom. The van der Waals surface area contributed by atoms with E-state index in [1.54, 1.807) is 7.11 Å². The highest BCUT2D eigenvalue weighted by Gasteiger charge is 2.60. The van der Waals surface area contributed by atoms with E-state index in [0.717, 1.165) is 23.7 Å². The molecule has 4 unspecified atom stereocenters. The van der Waals surface area contributed by atoms with Crippen LogP contribution < -0.4 is 0 Å². The fourth-order valence-electron chi connectivity index (χ4n) is 8.72. The van der Waals surface area contributed by atoms with Crippen LogP contribution in [-0.4, -0.2) is 27.2 Å². The Kier molecular flexibility index (Phi) is 5.77. The van der Waals surface area contributed by atoms with Gasteiger partial charge in [-0.15, -0.1) is 0 Å². The average molecular weight is 420 g/mol. The van der Waals surface area contributed by atoms with E-state index in [1.807, 2.05) is 0 Å². The molecule has 0 spiro atoms. The Hall–Kier alpha value is -0.353. The summed E-state index contributed by atoms with van der Waals surface area (Å²) in [4.78, 5) is 5.16. The van der Waals surface area contributed by atoms with Crippen LogP contribution in [0.3, 0.4) is 0 Å². The molecule has 0 aliphatic heterocycles. The zero-order chi connectivity index (χ0) is 21.0. The lowest BCUT2D eigenvalue weighted by atomic mass is 9.44. The van der Waals surface area contributed by atoms with Crippen LogP contribution >= 0.6 is 0 Å². The fourth-order valence-corrected chi connectivity index (χ4v) is 9.93. The van der Waals surface area contributed by atoms with Crippen molar-refractivity contribution in [3.8, 4) is 0 Å². The van der Waals surface area contributed by atoms with Crippen molar-refractivity contribution < 1.29 is 9.26 Å². The molecule has 166 valence electrons. The van der Waals surface area contributed by atoms with E-state index in [2.05, 4.69) is 45.6 Å². The van der Waals surface area contributed by atoms with Crippen LogP contribution in [-0.2, 0) is 9.26 Å². The van der Waals surface area contributed by atoms with Gasteiger partial charge >= 0.3 is 0 Å². The van der Waals surface area contributed by atoms with E-state index in [1.165, 1.54) is 63.5 Å². The van der Waals surface area contributed by atoms with Gasteiger partial charge in [0, 0.05) is 12.0 Å². The first-order valence-corrected chi connectivity index (χ1v) is 15.7. The second-order valence-corrected chi connectivity index (χ2v) is 16.8. The second kappa shape index (κ2) is 7.65. The smallest absolute Gasteiger partial charge is 0.184 e. The third kappa shape index (κ3) is 3.75. The number of oxime groups is 1. The molecule has 4 aliphatic rings. The van der Waals surface area contributed by atoms with Gasteiger partial charge in [-0.2, -0.15) is 0 Å². The Morgan fingerprint density at radius 1 is 0.897 bits per heavy atom. The normalized spacial score (nSPS) is 47.9. The third-order valence-electron chi connectivity index (χ3n) is 9.88. The van der Waals surface area contributed by atoms with Crippen molar-refractivity contribution in [2.45, 2.75) is 104 Å². The van der Waals surface area contributed by atoms with Gasteiger partial charge < -0.3 is 9.26 Å². The first-order chi connectivity index (χ1) is 13.6. The van der Waals surface area contributed by atoms with Gasteiger partial charge in [0.15, 0.2) is 8.32 Å². The Labute approximate surface area is 180 Å². The summed E-state index contributed by atoms with van der Waals surface area (Å²) in [6, 6.07) is 0. The third-order valence-corrected chi connectivity index (χ3v) is 10.9. The van der Waals surface area contributed by atoms with Crippen LogP contribution in [0.25, 0.3) is 0 Å². The lowest BCUT2D eigenvalue weighted by Crippen LogP contribution is -2.54. The first-order valence-electron chi connectivity index (χ1n) is 12.3. The molecule has 4 fully saturated rings. The standard InChI is InChI=1S/C25H45NO2Si/c1-17(26-27-4)21-10-11-22-20-9-8-18-16-19(28-29(5,6)7)12-14-24(18,2)23(20)13-15-25(21,22)3/h18-23H,8-16H2,1-7H3/t18?,19-,20?,21+,22?,23?,24-,25+/m0/s1. The molecule has 4 saturated carbocycles. The molecule has 0 bridgehead atoms. The summed E-state index contributed by atoms with van der Waals surface area (Å²) >= 11 is 0. The van der Waals surface area contributed by atoms with E-state index < -0.39 is 8.32 Å². The molecule has 8 atom stereocenters. The van der Waals surface area contributed by atoms with E-state index in [4.69, 9.17) is 9.26 Å². The van der Waals surface area contributed by atoms with Crippen molar-refractivity contribution in [3.63, 3.8) is 0 Å². The Bertz CT molecular complexity index is 643. The van der Waals surface area contributed by atoms with E-state index >= 15 is 0 Å². The van der Waals surface area contributed by atoms with E-state index in [-0.39, 0.29) is 0 Å². The average Bonchev–Trinajstić information content (AvgIpc) is 2.98. The Morgan fingerprint density at radius 3 is 2.28 bits per heavy atom. The predicted molar refractivity (Wildman–Crippen MR) is 124 cm³/mol. The van der Waals surface area contributed by atoms with Gasteiger partial charge in [0.1, 0.15) is 7.11 Å². The minimum Gasteiger partial charge on any atom is -0.415 e. The van der Waals surface area contributed by atoms with Gasteiger partial charge in [0.2, 0.25) is 0 Å². The van der Waals surface area contributed by atoms with Crippen LogP contribution in [0.2, 0.25) is 19.6 Å². The topological polar surface area (TPSA) is 30.8 Å². The van der Waals surface area contributed by atoms with Gasteiger partial charge in [-0.05, 0) is 119 Å². The van der Waals surface area contributed by atoms with Crippen molar-refractivity contribution in [3.05, 3.63) is 0 Å². The van der Waals surface area contributed by atoms with Crippen LogP contribution in [0.1, 0.15) is 78.6 Å². The zero-order valence-corrected chi connectivity index (χ0v) is 21.1. The molecule has 0 aromatic heterocycles. The van der Waals surface area contributed by atoms with Crippen LogP contribution in [0, 0.1) is 40.4 Å². The summed E-state index contributed by atoms with van der Waals surface area (Å²) in [5, 5.41) is 4.37. The largest absolute Gasteiger partial charge is 0.415 e. The van der Waals surface area contributed by atoms with Gasteiger partial charge in [-0.1, -0.05) is 19.0 Å². The molecule has 0 saturated heterocycles. The summed E-state index contributed by atoms with van der Waals surface area (Å²) in [5.41, 5.74) is 2.23. The molecule has 0 amide bonds. The van der Waals surface area contributed by atoms with Crippen molar-refractivity contribution in [2.75, 3.05) is 7.11 Å². The molecular weight excluding hydrogens is 374 g/mol. The second-order valence-electron chi connectivity index (χ2n) is 12.4. The number of rotatable bonds is 4. The van der Waals surface area contributed by atoms with Crippen molar-refractivity contribution >= 4 is 14.0 Å². The van der Waals surface area contributed by atoms with Gasteiger partial charge in [-0.25, -0.2) is 0 Å². The predicted octanol–water partition coefficient (Wildman–Crippen LogP) is 6.89. The molecule has 0 N–H and O–H groups in total. The minimum absolute atomic E-state index is 0.439. The molecule has 0 aromatic rings. The maximum atomic E-state index is 6.57. The Balaban J connectivity index is 1.51. The van der Waals surface area contributed by atoms with Crippen LogP contribution in [0.15, 0.2) is 5.16 Å². The minimum atomic E-state index is -1.43. The first kappa shape index (κ1) is 21.9. The van der Waals surface area contributed by atoms with Crippen molar-refractivity contribution in [1.82, 2.24) is 0 Å². The maximum absolute atomic E-state index is 6.57. The van der Waals surface area contributed by atoms with Gasteiger partial charge in [0.05, 0.1) is 5.71 Å². The number of nitrogens with zero attached hydrogens (tertiary/aromatic N) is 1. The molecule has 4 rings (SSSR count). The number of hydrogen-bond acceptors (Lipinski definition) is 3. The molecular formula is C25H45NO2Si. The van der Waals surface area contributed by atoms with E-state index in [0.29, 0.717) is 22.9 Å². The van der Waals surface area contributed by atoms with E-state index in [9.17, 15) is 0 Å². The number of hydrogen-bond donors (Lipinski definition) is 0. The monoisotopic (exact) mass is 419 g/mol. The maximum Gasteiger partial charge on any atom is 0.184 e. The highest BCUT2D eigenvalue weighted by atomic mass is 28.4. The summed E-state index contributed by atoms with van der Waals surface area (Å²) in [7, 11) is 0.259. The summed E-state index contributed by atoms with van der Waals surface area (Å²) in [6.07, 6.45) is 13.0. The van der Waals surface area contributed by atoms with Crippen LogP contribution in [0.4, 0.5) is 0 Å².